The molecule has 3 heterocycles. The number of benzene rings is 1. The Morgan fingerprint density at radius 2 is 1.83 bits per heavy atom. The summed E-state index contributed by atoms with van der Waals surface area (Å²) in [6.45, 7) is 2.99. The lowest BCUT2D eigenvalue weighted by Gasteiger charge is -2.34. The van der Waals surface area contributed by atoms with Gasteiger partial charge in [0.15, 0.2) is 21.2 Å². The fourth-order valence-electron chi connectivity index (χ4n) is 3.82. The number of likely N-dealkylation sites (N-methyl/N-ethyl adjacent to an activating group) is 1. The van der Waals surface area contributed by atoms with Gasteiger partial charge in [-0.2, -0.15) is 0 Å². The average molecular weight is 519 g/mol. The number of carbonyl (C=O) groups is 1. The average Bonchev–Trinajstić information content (AvgIpc) is 2.84. The first-order valence-electron chi connectivity index (χ1n) is 11.2. The van der Waals surface area contributed by atoms with Crippen LogP contribution in [0.1, 0.15) is 16.1 Å². The molecule has 1 fully saturated rings. The maximum Gasteiger partial charge on any atom is 0.301 e. The van der Waals surface area contributed by atoms with E-state index in [1.54, 1.807) is 6.07 Å². The molecule has 0 radical (unpaired) electrons. The van der Waals surface area contributed by atoms with Gasteiger partial charge in [-0.1, -0.05) is 12.1 Å². The molecule has 0 unspecified atom stereocenters. The Labute approximate surface area is 207 Å². The number of carbonyl (C=O) groups excluding carboxylic acids is 1. The van der Waals surface area contributed by atoms with Crippen LogP contribution in [0, 0.1) is 5.82 Å². The van der Waals surface area contributed by atoms with Crippen molar-refractivity contribution in [3.05, 3.63) is 64.0 Å². The largest absolute Gasteiger partial charge is 0.501 e. The van der Waals surface area contributed by atoms with Crippen LogP contribution in [0.5, 0.6) is 5.75 Å². The van der Waals surface area contributed by atoms with E-state index < -0.39 is 44.4 Å². The van der Waals surface area contributed by atoms with Crippen LogP contribution in [-0.2, 0) is 16.4 Å². The molecule has 1 amide bonds. The maximum atomic E-state index is 13.1. The third-order valence-electron chi connectivity index (χ3n) is 5.86. The van der Waals surface area contributed by atoms with Crippen LogP contribution in [0.2, 0.25) is 0 Å². The fourth-order valence-corrected chi connectivity index (χ4v) is 4.24. The minimum Gasteiger partial charge on any atom is -0.501 e. The van der Waals surface area contributed by atoms with E-state index in [2.05, 4.69) is 20.5 Å². The smallest absolute Gasteiger partial charge is 0.301 e. The second-order valence-corrected chi connectivity index (χ2v) is 10.9. The number of nitrogens with one attached hydrogen (secondary N) is 2. The number of aromatic hydroxyl groups is 1. The van der Waals surface area contributed by atoms with Crippen LogP contribution in [0.4, 0.5) is 15.8 Å². The molecule has 3 N–H and O–H groups in total. The SMILES string of the molecule is CN1CCN(c2cc(NCS(C)(=O)=O)c3nc(C(=O)NCc4ccc(F)cc4)c(O)c(=O)n3c2)CC1. The third-order valence-corrected chi connectivity index (χ3v) is 6.53. The molecule has 0 spiro atoms. The molecule has 1 saturated heterocycles. The van der Waals surface area contributed by atoms with Crippen LogP contribution < -0.4 is 21.1 Å². The molecule has 0 saturated carbocycles. The minimum absolute atomic E-state index is 0.00809. The van der Waals surface area contributed by atoms with E-state index in [1.165, 1.54) is 30.5 Å². The minimum atomic E-state index is -3.42. The molecule has 1 aliphatic heterocycles. The van der Waals surface area contributed by atoms with Crippen LogP contribution in [0.25, 0.3) is 5.65 Å². The molecule has 2 aromatic heterocycles. The van der Waals surface area contributed by atoms with Crippen molar-refractivity contribution in [2.45, 2.75) is 6.54 Å². The van der Waals surface area contributed by atoms with Gasteiger partial charge in [0.2, 0.25) is 5.75 Å². The van der Waals surface area contributed by atoms with Gasteiger partial charge in [-0.15, -0.1) is 0 Å². The van der Waals surface area contributed by atoms with E-state index in [1.807, 2.05) is 11.9 Å². The topological polar surface area (TPSA) is 136 Å². The first kappa shape index (κ1) is 25.4. The molecular weight excluding hydrogens is 491 g/mol. The van der Waals surface area contributed by atoms with E-state index in [9.17, 15) is 27.5 Å². The summed E-state index contributed by atoms with van der Waals surface area (Å²) in [5, 5.41) is 15.9. The van der Waals surface area contributed by atoms with E-state index in [0.717, 1.165) is 23.7 Å². The quantitative estimate of drug-likeness (QED) is 0.412. The highest BCUT2D eigenvalue weighted by Gasteiger charge is 2.23. The number of anilines is 2. The van der Waals surface area contributed by atoms with Crippen molar-refractivity contribution in [3.8, 4) is 5.75 Å². The molecule has 0 bridgehead atoms. The normalized spacial score (nSPS) is 14.7. The summed E-state index contributed by atoms with van der Waals surface area (Å²) < 4.78 is 37.8. The molecule has 0 atom stereocenters. The van der Waals surface area contributed by atoms with E-state index in [0.29, 0.717) is 24.3 Å². The van der Waals surface area contributed by atoms with Crippen molar-refractivity contribution >= 4 is 32.8 Å². The Morgan fingerprint density at radius 3 is 2.47 bits per heavy atom. The summed E-state index contributed by atoms with van der Waals surface area (Å²) >= 11 is 0. The van der Waals surface area contributed by atoms with Crippen molar-refractivity contribution in [2.75, 3.05) is 55.6 Å². The zero-order valence-corrected chi connectivity index (χ0v) is 20.7. The van der Waals surface area contributed by atoms with E-state index >= 15 is 0 Å². The summed E-state index contributed by atoms with van der Waals surface area (Å²) in [5.74, 6) is -2.49. The first-order valence-corrected chi connectivity index (χ1v) is 13.2. The zero-order valence-electron chi connectivity index (χ0n) is 19.9. The van der Waals surface area contributed by atoms with Gasteiger partial charge in [0.25, 0.3) is 5.91 Å². The van der Waals surface area contributed by atoms with Gasteiger partial charge in [-0.25, -0.2) is 17.8 Å². The lowest BCUT2D eigenvalue weighted by molar-refractivity contribution is 0.0942. The number of hydrogen-bond acceptors (Lipinski definition) is 9. The summed E-state index contributed by atoms with van der Waals surface area (Å²) in [6.07, 6.45) is 2.58. The number of piperazine rings is 1. The lowest BCUT2D eigenvalue weighted by Crippen LogP contribution is -2.44. The molecule has 4 rings (SSSR count). The zero-order chi connectivity index (χ0) is 26.0. The second-order valence-electron chi connectivity index (χ2n) is 8.77. The van der Waals surface area contributed by atoms with Crippen molar-refractivity contribution in [1.82, 2.24) is 19.6 Å². The lowest BCUT2D eigenvalue weighted by atomic mass is 10.2. The number of hydrogen-bond donors (Lipinski definition) is 3. The molecule has 1 aliphatic rings. The third kappa shape index (κ3) is 5.74. The monoisotopic (exact) mass is 518 g/mol. The Morgan fingerprint density at radius 1 is 1.17 bits per heavy atom. The number of amides is 1. The Bertz CT molecular complexity index is 1450. The Kier molecular flexibility index (Phi) is 7.13. The van der Waals surface area contributed by atoms with Crippen LogP contribution in [0.15, 0.2) is 41.3 Å². The molecule has 0 aliphatic carbocycles. The number of halogens is 1. The molecule has 36 heavy (non-hydrogen) atoms. The van der Waals surface area contributed by atoms with Gasteiger partial charge < -0.3 is 25.5 Å². The number of fused-ring (bicyclic) bond motifs is 1. The van der Waals surface area contributed by atoms with Gasteiger partial charge in [-0.05, 0) is 30.8 Å². The van der Waals surface area contributed by atoms with Gasteiger partial charge in [0.1, 0.15) is 11.7 Å². The van der Waals surface area contributed by atoms with Gasteiger partial charge >= 0.3 is 5.56 Å². The van der Waals surface area contributed by atoms with Crippen LogP contribution in [0.3, 0.4) is 0 Å². The van der Waals surface area contributed by atoms with Gasteiger partial charge in [-0.3, -0.25) is 14.0 Å². The van der Waals surface area contributed by atoms with Crippen molar-refractivity contribution in [3.63, 3.8) is 0 Å². The van der Waals surface area contributed by atoms with Gasteiger partial charge in [0, 0.05) is 45.2 Å². The number of rotatable bonds is 7. The molecule has 11 nitrogen and oxygen atoms in total. The number of aromatic nitrogens is 2. The molecule has 1 aromatic carbocycles. The fraction of sp³-hybridized carbons (Fsp3) is 0.348. The molecule has 3 aromatic rings. The number of nitrogens with zero attached hydrogens (tertiary/aromatic N) is 4. The van der Waals surface area contributed by atoms with Gasteiger partial charge in [0.05, 0.1) is 11.4 Å². The summed E-state index contributed by atoms with van der Waals surface area (Å²) in [5.41, 5.74) is 0.0902. The highest BCUT2D eigenvalue weighted by atomic mass is 32.2. The second kappa shape index (κ2) is 10.1. The summed E-state index contributed by atoms with van der Waals surface area (Å²) in [7, 11) is -1.42. The van der Waals surface area contributed by atoms with Crippen molar-refractivity contribution < 1.29 is 22.7 Å². The predicted octanol–water partition coefficient (Wildman–Crippen LogP) is 0.635. The Hall–Kier alpha value is -3.71. The van der Waals surface area contributed by atoms with Crippen molar-refractivity contribution in [2.24, 2.45) is 0 Å². The highest BCUT2D eigenvalue weighted by molar-refractivity contribution is 7.90. The predicted molar refractivity (Wildman–Crippen MR) is 134 cm³/mol. The standard InChI is InChI=1S/C23H27FN6O5S/c1-28-7-9-29(10-8-28)17-11-18(26-14-36(2,34)35)21-27-19(20(31)23(33)30(21)13-17)22(32)25-12-15-3-5-16(24)6-4-15/h3-6,11,13,26,31H,7-10,12,14H2,1-2H3,(H,25,32). The number of pyridine rings is 1. The van der Waals surface area contributed by atoms with E-state index in [4.69, 9.17) is 0 Å². The van der Waals surface area contributed by atoms with Crippen molar-refractivity contribution in [1.29, 1.82) is 0 Å². The van der Waals surface area contributed by atoms with Crippen LogP contribution >= 0.6 is 0 Å². The summed E-state index contributed by atoms with van der Waals surface area (Å²) in [4.78, 5) is 34.3. The first-order chi connectivity index (χ1) is 17.0. The van der Waals surface area contributed by atoms with Crippen LogP contribution in [-0.4, -0.2) is 79.1 Å². The summed E-state index contributed by atoms with van der Waals surface area (Å²) in [6, 6.07) is 7.15. The number of sulfone groups is 1. The Balaban J connectivity index is 1.73. The molecular formula is C23H27FN6O5S. The maximum absolute atomic E-state index is 13.1. The molecule has 192 valence electrons. The molecule has 13 heteroatoms. The van der Waals surface area contributed by atoms with E-state index in [-0.39, 0.29) is 17.9 Å². The highest BCUT2D eigenvalue weighted by Crippen LogP contribution is 2.25.